The van der Waals surface area contributed by atoms with Gasteiger partial charge in [-0.25, -0.2) is 10.4 Å². The summed E-state index contributed by atoms with van der Waals surface area (Å²) < 4.78 is 1.91. The van der Waals surface area contributed by atoms with E-state index in [9.17, 15) is 0 Å². The van der Waals surface area contributed by atoms with Gasteiger partial charge in [-0.1, -0.05) is 0 Å². The molecule has 0 fully saturated rings. The van der Waals surface area contributed by atoms with Crippen molar-refractivity contribution >= 4 is 11.3 Å². The Morgan fingerprint density at radius 1 is 1.67 bits per heavy atom. The van der Waals surface area contributed by atoms with E-state index in [0.29, 0.717) is 0 Å². The third-order valence-corrected chi connectivity index (χ3v) is 2.86. The quantitative estimate of drug-likeness (QED) is 0.597. The van der Waals surface area contributed by atoms with Gasteiger partial charge in [-0.2, -0.15) is 5.10 Å². The van der Waals surface area contributed by atoms with E-state index in [-0.39, 0.29) is 6.04 Å². The minimum absolute atomic E-state index is 0.0845. The van der Waals surface area contributed by atoms with E-state index in [1.807, 2.05) is 23.1 Å². The maximum absolute atomic E-state index is 5.55. The molecule has 2 rings (SSSR count). The standard InChI is InChI=1S/C9H13N5S/c1-2-14-8(3-4-12-14)9(13-10)7-5-15-6-11-7/h3-6,9,13H,2,10H2,1H3. The third-order valence-electron chi connectivity index (χ3n) is 2.26. The number of nitrogens with two attached hydrogens (primary N) is 1. The number of nitrogens with zero attached hydrogens (tertiary/aromatic N) is 3. The number of hydrogen-bond donors (Lipinski definition) is 2. The molecule has 0 aliphatic carbocycles. The SMILES string of the molecule is CCn1nccc1C(NN)c1cscn1. The highest BCUT2D eigenvalue weighted by molar-refractivity contribution is 7.07. The van der Waals surface area contributed by atoms with E-state index in [2.05, 4.69) is 15.5 Å². The molecule has 0 saturated heterocycles. The minimum Gasteiger partial charge on any atom is -0.270 e. The van der Waals surface area contributed by atoms with Crippen LogP contribution in [0.2, 0.25) is 0 Å². The molecule has 1 atom stereocenters. The van der Waals surface area contributed by atoms with Crippen molar-refractivity contribution in [2.24, 2.45) is 5.84 Å². The van der Waals surface area contributed by atoms with Gasteiger partial charge in [0.15, 0.2) is 0 Å². The minimum atomic E-state index is -0.0845. The number of thiazole rings is 1. The van der Waals surface area contributed by atoms with Crippen molar-refractivity contribution in [3.05, 3.63) is 34.5 Å². The Labute approximate surface area is 91.9 Å². The van der Waals surface area contributed by atoms with E-state index in [1.54, 1.807) is 23.0 Å². The monoisotopic (exact) mass is 223 g/mol. The van der Waals surface area contributed by atoms with Gasteiger partial charge in [0.1, 0.15) is 6.04 Å². The second-order valence-corrected chi connectivity index (χ2v) is 3.80. The summed E-state index contributed by atoms with van der Waals surface area (Å²) in [6.07, 6.45) is 1.77. The maximum atomic E-state index is 5.55. The highest BCUT2D eigenvalue weighted by Crippen LogP contribution is 2.20. The van der Waals surface area contributed by atoms with E-state index in [0.717, 1.165) is 17.9 Å². The zero-order valence-electron chi connectivity index (χ0n) is 8.42. The summed E-state index contributed by atoms with van der Waals surface area (Å²) in [5.41, 5.74) is 6.52. The number of aryl methyl sites for hydroxylation is 1. The van der Waals surface area contributed by atoms with Gasteiger partial charge in [-0.15, -0.1) is 11.3 Å². The van der Waals surface area contributed by atoms with Gasteiger partial charge in [-0.05, 0) is 13.0 Å². The van der Waals surface area contributed by atoms with E-state index in [4.69, 9.17) is 5.84 Å². The number of hydrogen-bond acceptors (Lipinski definition) is 5. The fourth-order valence-electron chi connectivity index (χ4n) is 1.54. The van der Waals surface area contributed by atoms with Crippen molar-refractivity contribution in [1.82, 2.24) is 20.2 Å². The molecule has 15 heavy (non-hydrogen) atoms. The van der Waals surface area contributed by atoms with Crippen LogP contribution in [0.3, 0.4) is 0 Å². The predicted molar refractivity (Wildman–Crippen MR) is 59.2 cm³/mol. The van der Waals surface area contributed by atoms with Gasteiger partial charge in [0.05, 0.1) is 16.9 Å². The number of hydrazine groups is 1. The van der Waals surface area contributed by atoms with Crippen LogP contribution in [0.15, 0.2) is 23.2 Å². The van der Waals surface area contributed by atoms with E-state index < -0.39 is 0 Å². The normalized spacial score (nSPS) is 12.9. The summed E-state index contributed by atoms with van der Waals surface area (Å²) in [4.78, 5) is 4.25. The van der Waals surface area contributed by atoms with Crippen molar-refractivity contribution in [3.8, 4) is 0 Å². The molecule has 1 unspecified atom stereocenters. The molecule has 80 valence electrons. The van der Waals surface area contributed by atoms with Gasteiger partial charge in [0.25, 0.3) is 0 Å². The first kappa shape index (κ1) is 10.3. The zero-order chi connectivity index (χ0) is 10.7. The molecule has 0 aromatic carbocycles. The molecule has 0 amide bonds. The molecule has 3 N–H and O–H groups in total. The zero-order valence-corrected chi connectivity index (χ0v) is 9.24. The molecule has 0 radical (unpaired) electrons. The summed E-state index contributed by atoms with van der Waals surface area (Å²) in [5, 5.41) is 6.19. The van der Waals surface area contributed by atoms with Gasteiger partial charge in [-0.3, -0.25) is 10.5 Å². The molecule has 0 bridgehead atoms. The highest BCUT2D eigenvalue weighted by Gasteiger charge is 2.17. The van der Waals surface area contributed by atoms with E-state index in [1.165, 1.54) is 0 Å². The second-order valence-electron chi connectivity index (χ2n) is 3.08. The Hall–Kier alpha value is -1.24. The molecule has 2 aromatic heterocycles. The van der Waals surface area contributed by atoms with Crippen LogP contribution in [0.1, 0.15) is 24.4 Å². The molecule has 0 aliphatic rings. The van der Waals surface area contributed by atoms with Crippen LogP contribution >= 0.6 is 11.3 Å². The lowest BCUT2D eigenvalue weighted by molar-refractivity contribution is 0.537. The summed E-state index contributed by atoms with van der Waals surface area (Å²) in [6, 6.07) is 1.87. The topological polar surface area (TPSA) is 68.8 Å². The first-order valence-electron chi connectivity index (χ1n) is 4.72. The predicted octanol–water partition coefficient (Wildman–Crippen LogP) is 0.912. The number of nitrogens with one attached hydrogen (secondary N) is 1. The first-order chi connectivity index (χ1) is 7.36. The van der Waals surface area contributed by atoms with Crippen LogP contribution in [-0.2, 0) is 6.54 Å². The summed E-state index contributed by atoms with van der Waals surface area (Å²) in [6.45, 7) is 2.87. The molecule has 0 saturated carbocycles. The van der Waals surface area contributed by atoms with Crippen molar-refractivity contribution in [3.63, 3.8) is 0 Å². The first-order valence-corrected chi connectivity index (χ1v) is 5.67. The van der Waals surface area contributed by atoms with E-state index >= 15 is 0 Å². The molecule has 0 spiro atoms. The lowest BCUT2D eigenvalue weighted by atomic mass is 10.1. The van der Waals surface area contributed by atoms with Crippen molar-refractivity contribution in [2.45, 2.75) is 19.5 Å². The van der Waals surface area contributed by atoms with Crippen LogP contribution in [0.4, 0.5) is 0 Å². The van der Waals surface area contributed by atoms with Crippen molar-refractivity contribution in [1.29, 1.82) is 0 Å². The largest absolute Gasteiger partial charge is 0.270 e. The second kappa shape index (κ2) is 4.52. The van der Waals surface area contributed by atoms with Crippen LogP contribution in [0.5, 0.6) is 0 Å². The molecule has 5 nitrogen and oxygen atoms in total. The van der Waals surface area contributed by atoms with Crippen LogP contribution in [-0.4, -0.2) is 14.8 Å². The fraction of sp³-hybridized carbons (Fsp3) is 0.333. The lowest BCUT2D eigenvalue weighted by Crippen LogP contribution is -2.30. The summed E-state index contributed by atoms with van der Waals surface area (Å²) in [7, 11) is 0. The maximum Gasteiger partial charge on any atom is 0.106 e. The molecule has 0 aliphatic heterocycles. The summed E-state index contributed by atoms with van der Waals surface area (Å²) >= 11 is 1.56. The molecular formula is C9H13N5S. The average Bonchev–Trinajstić information content (AvgIpc) is 2.89. The Balaban J connectivity index is 2.35. The highest BCUT2D eigenvalue weighted by atomic mass is 32.1. The van der Waals surface area contributed by atoms with Gasteiger partial charge >= 0.3 is 0 Å². The van der Waals surface area contributed by atoms with Gasteiger partial charge in [0, 0.05) is 18.1 Å². The summed E-state index contributed by atoms with van der Waals surface area (Å²) in [5.74, 6) is 5.55. The van der Waals surface area contributed by atoms with Gasteiger partial charge < -0.3 is 0 Å². The number of rotatable bonds is 4. The van der Waals surface area contributed by atoms with Crippen LogP contribution < -0.4 is 11.3 Å². The Bertz CT molecular complexity index is 408. The average molecular weight is 223 g/mol. The number of aromatic nitrogens is 3. The van der Waals surface area contributed by atoms with Crippen LogP contribution in [0.25, 0.3) is 0 Å². The van der Waals surface area contributed by atoms with Crippen molar-refractivity contribution < 1.29 is 0 Å². The molecular weight excluding hydrogens is 210 g/mol. The van der Waals surface area contributed by atoms with Crippen molar-refractivity contribution in [2.75, 3.05) is 0 Å². The fourth-order valence-corrected chi connectivity index (χ4v) is 2.12. The Morgan fingerprint density at radius 3 is 3.13 bits per heavy atom. The molecule has 6 heteroatoms. The lowest BCUT2D eigenvalue weighted by Gasteiger charge is -2.14. The molecule has 2 heterocycles. The van der Waals surface area contributed by atoms with Gasteiger partial charge in [0.2, 0.25) is 0 Å². The Morgan fingerprint density at radius 2 is 2.53 bits per heavy atom. The Kier molecular flexibility index (Phi) is 3.10. The smallest absolute Gasteiger partial charge is 0.106 e. The molecule has 2 aromatic rings. The third kappa shape index (κ3) is 1.92. The van der Waals surface area contributed by atoms with Crippen LogP contribution in [0, 0.1) is 0 Å².